The van der Waals surface area contributed by atoms with Crippen LogP contribution in [0.15, 0.2) is 65.1 Å². The van der Waals surface area contributed by atoms with Crippen molar-refractivity contribution >= 4 is 11.9 Å². The number of benzene rings is 2. The molecule has 0 aliphatic carbocycles. The number of nitrogens with zero attached hydrogens (tertiary/aromatic N) is 1. The highest BCUT2D eigenvalue weighted by atomic mass is 19.1. The third-order valence-electron chi connectivity index (χ3n) is 5.43. The number of methoxy groups -OCH3 is 1. The van der Waals surface area contributed by atoms with Crippen molar-refractivity contribution in [3.8, 4) is 11.3 Å². The molecule has 1 aromatic heterocycles. The average molecular weight is 407 g/mol. The quantitative estimate of drug-likeness (QED) is 0.597. The molecule has 6 heteroatoms. The zero-order valence-electron chi connectivity index (χ0n) is 16.6. The smallest absolute Gasteiger partial charge is 0.328 e. The lowest BCUT2D eigenvalue weighted by atomic mass is 9.93. The number of fused-ring (bicyclic) bond motifs is 1. The van der Waals surface area contributed by atoms with E-state index in [-0.39, 0.29) is 18.1 Å². The van der Waals surface area contributed by atoms with Crippen LogP contribution in [0.1, 0.15) is 23.3 Å². The number of carbonyl (C=O) groups is 2. The number of furan rings is 1. The van der Waals surface area contributed by atoms with Gasteiger partial charge in [-0.25, -0.2) is 9.18 Å². The third kappa shape index (κ3) is 3.99. The summed E-state index contributed by atoms with van der Waals surface area (Å²) in [5.74, 6) is 0.0901. The van der Waals surface area contributed by atoms with E-state index in [1.54, 1.807) is 35.2 Å². The summed E-state index contributed by atoms with van der Waals surface area (Å²) in [5, 5.41) is 0. The lowest BCUT2D eigenvalue weighted by molar-refractivity contribution is -0.154. The van der Waals surface area contributed by atoms with Gasteiger partial charge in [0.25, 0.3) is 0 Å². The molecular weight excluding hydrogens is 385 g/mol. The summed E-state index contributed by atoms with van der Waals surface area (Å²) >= 11 is 0. The number of rotatable bonds is 5. The summed E-state index contributed by atoms with van der Waals surface area (Å²) in [4.78, 5) is 26.8. The lowest BCUT2D eigenvalue weighted by Gasteiger charge is -2.35. The van der Waals surface area contributed by atoms with E-state index in [2.05, 4.69) is 0 Å². The second-order valence-electron chi connectivity index (χ2n) is 7.28. The van der Waals surface area contributed by atoms with Crippen LogP contribution in [0.4, 0.5) is 4.39 Å². The summed E-state index contributed by atoms with van der Waals surface area (Å²) in [6.45, 7) is 0.368. The van der Waals surface area contributed by atoms with Gasteiger partial charge in [0.05, 0.1) is 12.7 Å². The molecule has 0 saturated heterocycles. The van der Waals surface area contributed by atoms with Crippen molar-refractivity contribution in [2.75, 3.05) is 7.11 Å². The number of amides is 1. The molecule has 1 amide bonds. The minimum Gasteiger partial charge on any atom is -0.467 e. The molecule has 3 aromatic rings. The van der Waals surface area contributed by atoms with Gasteiger partial charge in [0.15, 0.2) is 0 Å². The minimum atomic E-state index is -0.636. The minimum absolute atomic E-state index is 0.149. The zero-order chi connectivity index (χ0) is 21.1. The van der Waals surface area contributed by atoms with Gasteiger partial charge in [0.1, 0.15) is 23.4 Å². The highest BCUT2D eigenvalue weighted by Crippen LogP contribution is 2.27. The topological polar surface area (TPSA) is 59.8 Å². The fraction of sp³-hybridized carbons (Fsp3) is 0.250. The van der Waals surface area contributed by atoms with Crippen LogP contribution in [-0.2, 0) is 33.7 Å². The molecule has 2 aromatic carbocycles. The van der Waals surface area contributed by atoms with Crippen LogP contribution in [0, 0.1) is 5.82 Å². The van der Waals surface area contributed by atoms with Gasteiger partial charge in [-0.05, 0) is 35.4 Å². The van der Waals surface area contributed by atoms with E-state index < -0.39 is 12.0 Å². The Morgan fingerprint density at radius 2 is 1.80 bits per heavy atom. The van der Waals surface area contributed by atoms with Gasteiger partial charge in [0, 0.05) is 25.8 Å². The van der Waals surface area contributed by atoms with Gasteiger partial charge in [-0.2, -0.15) is 0 Å². The van der Waals surface area contributed by atoms with Gasteiger partial charge in [-0.1, -0.05) is 36.4 Å². The number of hydrogen-bond donors (Lipinski definition) is 0. The van der Waals surface area contributed by atoms with Gasteiger partial charge in [-0.15, -0.1) is 0 Å². The molecular formula is C24H22FNO4. The zero-order valence-corrected chi connectivity index (χ0v) is 16.6. The highest BCUT2D eigenvalue weighted by Gasteiger charge is 2.35. The Labute approximate surface area is 174 Å². The van der Waals surface area contributed by atoms with Crippen LogP contribution in [0.5, 0.6) is 0 Å². The fourth-order valence-corrected chi connectivity index (χ4v) is 3.82. The number of ether oxygens (including phenoxy) is 1. The van der Waals surface area contributed by atoms with Crippen LogP contribution < -0.4 is 0 Å². The van der Waals surface area contributed by atoms with Crippen molar-refractivity contribution in [2.24, 2.45) is 0 Å². The summed E-state index contributed by atoms with van der Waals surface area (Å²) in [6.07, 6.45) is 0.978. The van der Waals surface area contributed by atoms with E-state index in [0.29, 0.717) is 36.5 Å². The summed E-state index contributed by atoms with van der Waals surface area (Å²) in [5.41, 5.74) is 2.47. The Morgan fingerprint density at radius 1 is 1.07 bits per heavy atom. The van der Waals surface area contributed by atoms with E-state index in [9.17, 15) is 14.0 Å². The van der Waals surface area contributed by atoms with Gasteiger partial charge in [0.2, 0.25) is 5.91 Å². The largest absolute Gasteiger partial charge is 0.467 e. The molecule has 0 N–H and O–H groups in total. The Balaban J connectivity index is 1.47. The molecule has 154 valence electrons. The van der Waals surface area contributed by atoms with Gasteiger partial charge >= 0.3 is 5.97 Å². The normalized spacial score (nSPS) is 15.5. The van der Waals surface area contributed by atoms with Crippen molar-refractivity contribution in [1.29, 1.82) is 0 Å². The maximum absolute atomic E-state index is 14.0. The fourth-order valence-electron chi connectivity index (χ4n) is 3.82. The molecule has 0 fully saturated rings. The molecule has 0 radical (unpaired) electrons. The highest BCUT2D eigenvalue weighted by molar-refractivity contribution is 5.85. The molecule has 1 aliphatic heterocycles. The number of esters is 1. The SMILES string of the molecule is COC(=O)[C@H]1Cc2ccccc2CN1C(=O)CCc1ccc(-c2ccccc2F)o1. The monoisotopic (exact) mass is 407 g/mol. The molecule has 4 rings (SSSR count). The molecule has 0 unspecified atom stereocenters. The lowest BCUT2D eigenvalue weighted by Crippen LogP contribution is -2.49. The van der Waals surface area contributed by atoms with E-state index in [0.717, 1.165) is 11.1 Å². The van der Waals surface area contributed by atoms with E-state index >= 15 is 0 Å². The van der Waals surface area contributed by atoms with E-state index in [1.165, 1.54) is 13.2 Å². The van der Waals surface area contributed by atoms with Crippen molar-refractivity contribution in [3.63, 3.8) is 0 Å². The second kappa shape index (κ2) is 8.53. The van der Waals surface area contributed by atoms with Gasteiger partial charge < -0.3 is 14.1 Å². The molecule has 1 aliphatic rings. The second-order valence-corrected chi connectivity index (χ2v) is 7.28. The van der Waals surface area contributed by atoms with Crippen molar-refractivity contribution in [1.82, 2.24) is 4.90 Å². The first kappa shape index (κ1) is 19.9. The maximum atomic E-state index is 14.0. The number of hydrogen-bond acceptors (Lipinski definition) is 4. The van der Waals surface area contributed by atoms with Crippen molar-refractivity contribution in [3.05, 3.63) is 83.4 Å². The average Bonchev–Trinajstić information content (AvgIpc) is 3.25. The molecule has 1 atom stereocenters. The molecule has 0 bridgehead atoms. The first-order chi connectivity index (χ1) is 14.6. The van der Waals surface area contributed by atoms with E-state index in [1.807, 2.05) is 24.3 Å². The predicted molar refractivity (Wildman–Crippen MR) is 109 cm³/mol. The Hall–Kier alpha value is -3.41. The van der Waals surface area contributed by atoms with Crippen LogP contribution in [-0.4, -0.2) is 29.9 Å². The Kier molecular flexibility index (Phi) is 5.65. The summed E-state index contributed by atoms with van der Waals surface area (Å²) < 4.78 is 24.6. The first-order valence-corrected chi connectivity index (χ1v) is 9.84. The number of aryl methyl sites for hydroxylation is 1. The molecule has 5 nitrogen and oxygen atoms in total. The Bertz CT molecular complexity index is 1070. The standard InChI is InChI=1S/C24H22FNO4/c1-29-24(28)21-14-16-6-2-3-7-17(16)15-26(21)23(27)13-11-18-10-12-22(30-18)19-8-4-5-9-20(19)25/h2-10,12,21H,11,13-15H2,1H3/t21-/m1/s1. The van der Waals surface area contributed by atoms with Crippen LogP contribution >= 0.6 is 0 Å². The maximum Gasteiger partial charge on any atom is 0.328 e. The Morgan fingerprint density at radius 3 is 2.57 bits per heavy atom. The number of halogens is 1. The van der Waals surface area contributed by atoms with Crippen LogP contribution in [0.3, 0.4) is 0 Å². The summed E-state index contributed by atoms with van der Waals surface area (Å²) in [6, 6.07) is 17.0. The first-order valence-electron chi connectivity index (χ1n) is 9.84. The predicted octanol–water partition coefficient (Wildman–Crippen LogP) is 4.14. The molecule has 0 saturated carbocycles. The molecule has 2 heterocycles. The van der Waals surface area contributed by atoms with Crippen LogP contribution in [0.2, 0.25) is 0 Å². The molecule has 0 spiro atoms. The van der Waals surface area contributed by atoms with Gasteiger partial charge in [-0.3, -0.25) is 4.79 Å². The third-order valence-corrected chi connectivity index (χ3v) is 5.43. The van der Waals surface area contributed by atoms with E-state index in [4.69, 9.17) is 9.15 Å². The van der Waals surface area contributed by atoms with Crippen molar-refractivity contribution < 1.29 is 23.1 Å². The molecule has 30 heavy (non-hydrogen) atoms. The van der Waals surface area contributed by atoms with Crippen molar-refractivity contribution in [2.45, 2.75) is 31.8 Å². The van der Waals surface area contributed by atoms with Crippen LogP contribution in [0.25, 0.3) is 11.3 Å². The summed E-state index contributed by atoms with van der Waals surface area (Å²) in [7, 11) is 1.33. The number of carbonyl (C=O) groups excluding carboxylic acids is 2.